The Kier molecular flexibility index (Phi) is 5.89. The number of rotatable bonds is 7. The third-order valence-corrected chi connectivity index (χ3v) is 5.02. The zero-order valence-electron chi connectivity index (χ0n) is 15.9. The molecule has 146 valence electrons. The highest BCUT2D eigenvalue weighted by atomic mass is 16.5. The standard InChI is InChI=1S/C22H26N4O2/c27-22(16-26-10-12-28-13-11-26)23-9-8-17-15-24-21-7-6-19(14-20(17)21)25-18-4-2-1-3-5-18/h1-7,14-15,24-25H,8-13,16H2,(H,23,27). The number of para-hydroxylation sites is 1. The number of nitrogens with one attached hydrogen (secondary N) is 3. The highest BCUT2D eigenvalue weighted by Gasteiger charge is 2.14. The number of aromatic amines is 1. The molecular formula is C22H26N4O2. The molecule has 0 bridgehead atoms. The van der Waals surface area contributed by atoms with E-state index in [-0.39, 0.29) is 5.91 Å². The molecule has 1 aliphatic rings. The van der Waals surface area contributed by atoms with E-state index in [0.29, 0.717) is 26.3 Å². The number of hydrogen-bond acceptors (Lipinski definition) is 4. The number of anilines is 2. The number of benzene rings is 2. The van der Waals surface area contributed by atoms with Crippen molar-refractivity contribution in [3.8, 4) is 0 Å². The number of fused-ring (bicyclic) bond motifs is 1. The molecule has 6 nitrogen and oxygen atoms in total. The number of H-pyrrole nitrogens is 1. The van der Waals surface area contributed by atoms with E-state index < -0.39 is 0 Å². The van der Waals surface area contributed by atoms with E-state index in [9.17, 15) is 4.79 Å². The SMILES string of the molecule is O=C(CN1CCOCC1)NCCc1c[nH]c2ccc(Nc3ccccc3)cc12. The molecular weight excluding hydrogens is 352 g/mol. The molecule has 3 N–H and O–H groups in total. The molecule has 1 saturated heterocycles. The third-order valence-electron chi connectivity index (χ3n) is 5.02. The Balaban J connectivity index is 1.34. The van der Waals surface area contributed by atoms with E-state index >= 15 is 0 Å². The predicted molar refractivity (Wildman–Crippen MR) is 112 cm³/mol. The zero-order chi connectivity index (χ0) is 19.2. The van der Waals surface area contributed by atoms with Gasteiger partial charge in [0.25, 0.3) is 0 Å². The minimum Gasteiger partial charge on any atom is -0.379 e. The Bertz CT molecular complexity index is 917. The van der Waals surface area contributed by atoms with Crippen molar-refractivity contribution in [2.24, 2.45) is 0 Å². The fourth-order valence-corrected chi connectivity index (χ4v) is 3.51. The van der Waals surface area contributed by atoms with Crippen molar-refractivity contribution in [3.05, 3.63) is 60.3 Å². The summed E-state index contributed by atoms with van der Waals surface area (Å²) in [4.78, 5) is 17.6. The average Bonchev–Trinajstić information content (AvgIpc) is 3.12. The van der Waals surface area contributed by atoms with Crippen LogP contribution in [0, 0.1) is 0 Å². The van der Waals surface area contributed by atoms with Crippen LogP contribution in [0.5, 0.6) is 0 Å². The Labute approximate surface area is 164 Å². The lowest BCUT2D eigenvalue weighted by atomic mass is 10.1. The first kappa shape index (κ1) is 18.5. The van der Waals surface area contributed by atoms with E-state index in [0.717, 1.165) is 36.4 Å². The monoisotopic (exact) mass is 378 g/mol. The number of hydrogen-bond donors (Lipinski definition) is 3. The topological polar surface area (TPSA) is 69.4 Å². The number of aromatic nitrogens is 1. The maximum Gasteiger partial charge on any atom is 0.234 e. The normalized spacial score (nSPS) is 14.9. The molecule has 1 aromatic heterocycles. The van der Waals surface area contributed by atoms with Gasteiger partial charge in [-0.2, -0.15) is 0 Å². The van der Waals surface area contributed by atoms with E-state index in [2.05, 4.69) is 38.7 Å². The first-order valence-corrected chi connectivity index (χ1v) is 9.77. The molecule has 2 heterocycles. The number of amides is 1. The highest BCUT2D eigenvalue weighted by molar-refractivity contribution is 5.87. The molecule has 0 radical (unpaired) electrons. The van der Waals surface area contributed by atoms with Crippen molar-refractivity contribution >= 4 is 28.2 Å². The molecule has 0 saturated carbocycles. The number of morpholine rings is 1. The lowest BCUT2D eigenvalue weighted by Gasteiger charge is -2.25. The first-order valence-electron chi connectivity index (χ1n) is 9.77. The van der Waals surface area contributed by atoms with Crippen LogP contribution in [0.4, 0.5) is 11.4 Å². The molecule has 2 aromatic carbocycles. The van der Waals surface area contributed by atoms with Crippen molar-refractivity contribution < 1.29 is 9.53 Å². The molecule has 0 spiro atoms. The van der Waals surface area contributed by atoms with Gasteiger partial charge >= 0.3 is 0 Å². The third kappa shape index (κ3) is 4.71. The second-order valence-corrected chi connectivity index (χ2v) is 7.05. The van der Waals surface area contributed by atoms with Gasteiger partial charge < -0.3 is 20.4 Å². The zero-order valence-corrected chi connectivity index (χ0v) is 15.9. The molecule has 0 unspecified atom stereocenters. The van der Waals surface area contributed by atoms with Crippen LogP contribution in [-0.4, -0.2) is 55.2 Å². The van der Waals surface area contributed by atoms with Gasteiger partial charge in [-0.1, -0.05) is 18.2 Å². The van der Waals surface area contributed by atoms with Crippen molar-refractivity contribution in [3.63, 3.8) is 0 Å². The Morgan fingerprint density at radius 3 is 2.71 bits per heavy atom. The van der Waals surface area contributed by atoms with E-state index in [1.165, 1.54) is 10.9 Å². The van der Waals surface area contributed by atoms with Gasteiger partial charge in [-0.05, 0) is 42.3 Å². The number of carbonyl (C=O) groups excluding carboxylic acids is 1. The van der Waals surface area contributed by atoms with Crippen molar-refractivity contribution in [1.29, 1.82) is 0 Å². The largest absolute Gasteiger partial charge is 0.379 e. The fourth-order valence-electron chi connectivity index (χ4n) is 3.51. The lowest BCUT2D eigenvalue weighted by molar-refractivity contribution is -0.123. The van der Waals surface area contributed by atoms with Crippen LogP contribution in [0.1, 0.15) is 5.56 Å². The van der Waals surface area contributed by atoms with E-state index in [1.54, 1.807) is 0 Å². The van der Waals surface area contributed by atoms with E-state index in [1.807, 2.05) is 36.5 Å². The predicted octanol–water partition coefficient (Wildman–Crippen LogP) is 2.90. The van der Waals surface area contributed by atoms with Gasteiger partial charge in [-0.25, -0.2) is 0 Å². The van der Waals surface area contributed by atoms with Gasteiger partial charge in [0, 0.05) is 48.1 Å². The summed E-state index contributed by atoms with van der Waals surface area (Å²) in [6, 6.07) is 16.4. The van der Waals surface area contributed by atoms with Crippen LogP contribution in [0.25, 0.3) is 10.9 Å². The van der Waals surface area contributed by atoms with Crippen molar-refractivity contribution in [1.82, 2.24) is 15.2 Å². The maximum absolute atomic E-state index is 12.1. The summed E-state index contributed by atoms with van der Waals surface area (Å²) in [6.07, 6.45) is 2.83. The van der Waals surface area contributed by atoms with Crippen molar-refractivity contribution in [2.45, 2.75) is 6.42 Å². The van der Waals surface area contributed by atoms with E-state index in [4.69, 9.17) is 4.74 Å². The molecule has 28 heavy (non-hydrogen) atoms. The maximum atomic E-state index is 12.1. The molecule has 4 rings (SSSR count). The molecule has 6 heteroatoms. The lowest BCUT2D eigenvalue weighted by Crippen LogP contribution is -2.43. The van der Waals surface area contributed by atoms with Crippen LogP contribution in [0.2, 0.25) is 0 Å². The van der Waals surface area contributed by atoms with Gasteiger partial charge in [0.05, 0.1) is 19.8 Å². The second kappa shape index (κ2) is 8.91. The molecule has 1 aliphatic heterocycles. The van der Waals surface area contributed by atoms with Crippen LogP contribution in [0.15, 0.2) is 54.7 Å². The Morgan fingerprint density at radius 2 is 1.89 bits per heavy atom. The summed E-state index contributed by atoms with van der Waals surface area (Å²) in [7, 11) is 0. The molecule has 1 fully saturated rings. The summed E-state index contributed by atoms with van der Waals surface area (Å²) in [5, 5.41) is 7.65. The first-order chi connectivity index (χ1) is 13.8. The summed E-state index contributed by atoms with van der Waals surface area (Å²) in [6.45, 7) is 4.15. The average molecular weight is 378 g/mol. The smallest absolute Gasteiger partial charge is 0.234 e. The second-order valence-electron chi connectivity index (χ2n) is 7.05. The number of nitrogens with zero attached hydrogens (tertiary/aromatic N) is 1. The quantitative estimate of drug-likeness (QED) is 0.591. The van der Waals surface area contributed by atoms with Crippen LogP contribution < -0.4 is 10.6 Å². The Hall–Kier alpha value is -2.83. The number of carbonyl (C=O) groups is 1. The Morgan fingerprint density at radius 1 is 1.07 bits per heavy atom. The molecule has 0 aliphatic carbocycles. The van der Waals surface area contributed by atoms with Gasteiger partial charge in [0.15, 0.2) is 0 Å². The molecule has 1 amide bonds. The van der Waals surface area contributed by atoms with Crippen LogP contribution in [0.3, 0.4) is 0 Å². The fraction of sp³-hybridized carbons (Fsp3) is 0.318. The number of ether oxygens (including phenoxy) is 1. The van der Waals surface area contributed by atoms with Crippen molar-refractivity contribution in [2.75, 3.05) is 44.7 Å². The van der Waals surface area contributed by atoms with Gasteiger partial charge in [0.2, 0.25) is 5.91 Å². The van der Waals surface area contributed by atoms with Crippen LogP contribution in [-0.2, 0) is 16.0 Å². The van der Waals surface area contributed by atoms with Crippen LogP contribution >= 0.6 is 0 Å². The minimum absolute atomic E-state index is 0.0770. The summed E-state index contributed by atoms with van der Waals surface area (Å²) in [5.74, 6) is 0.0770. The highest BCUT2D eigenvalue weighted by Crippen LogP contribution is 2.25. The van der Waals surface area contributed by atoms with Gasteiger partial charge in [-0.3, -0.25) is 9.69 Å². The summed E-state index contributed by atoms with van der Waals surface area (Å²) >= 11 is 0. The molecule has 3 aromatic rings. The van der Waals surface area contributed by atoms with Gasteiger partial charge in [-0.15, -0.1) is 0 Å². The summed E-state index contributed by atoms with van der Waals surface area (Å²) < 4.78 is 5.32. The molecule has 0 atom stereocenters. The summed E-state index contributed by atoms with van der Waals surface area (Å²) in [5.41, 5.74) is 4.43. The van der Waals surface area contributed by atoms with Gasteiger partial charge in [0.1, 0.15) is 0 Å². The minimum atomic E-state index is 0.0770.